The van der Waals surface area contributed by atoms with Gasteiger partial charge in [-0.2, -0.15) is 17.5 Å². The molecule has 0 aliphatic carbocycles. The second-order valence-electron chi connectivity index (χ2n) is 4.71. The quantitative estimate of drug-likeness (QED) is 0.809. The first-order valence-electron chi connectivity index (χ1n) is 6.30. The lowest BCUT2D eigenvalue weighted by molar-refractivity contribution is -0.0990. The van der Waals surface area contributed by atoms with Crippen LogP contribution in [0.4, 0.5) is 13.2 Å². The van der Waals surface area contributed by atoms with Crippen molar-refractivity contribution in [1.82, 2.24) is 4.31 Å². The van der Waals surface area contributed by atoms with Gasteiger partial charge in [0.15, 0.2) is 0 Å². The Morgan fingerprint density at radius 1 is 1.45 bits per heavy atom. The van der Waals surface area contributed by atoms with E-state index in [0.717, 1.165) is 16.6 Å². The van der Waals surface area contributed by atoms with E-state index >= 15 is 0 Å². The Kier molecular flexibility index (Phi) is 5.26. The van der Waals surface area contributed by atoms with Gasteiger partial charge in [0.2, 0.25) is 10.0 Å². The lowest BCUT2D eigenvalue weighted by Crippen LogP contribution is -2.41. The Morgan fingerprint density at radius 2 is 2.05 bits per heavy atom. The normalized spacial score (nSPS) is 23.1. The summed E-state index contributed by atoms with van der Waals surface area (Å²) in [4.78, 5) is 0. The highest BCUT2D eigenvalue weighted by Crippen LogP contribution is 2.35. The molecule has 0 saturated carbocycles. The van der Waals surface area contributed by atoms with Crippen molar-refractivity contribution >= 4 is 10.0 Å². The number of sulfonamides is 1. The van der Waals surface area contributed by atoms with E-state index in [2.05, 4.69) is 0 Å². The Labute approximate surface area is 117 Å². The van der Waals surface area contributed by atoms with Gasteiger partial charge in [0.05, 0.1) is 17.4 Å². The summed E-state index contributed by atoms with van der Waals surface area (Å²) >= 11 is 0. The maximum atomic E-state index is 13.2. The Bertz CT molecular complexity index is 509. The summed E-state index contributed by atoms with van der Waals surface area (Å²) in [6.07, 6.45) is -2.19. The molecule has 0 spiro atoms. The zero-order valence-electron chi connectivity index (χ0n) is 11.4. The van der Waals surface area contributed by atoms with Crippen LogP contribution in [-0.4, -0.2) is 37.2 Å². The van der Waals surface area contributed by atoms with Gasteiger partial charge in [-0.05, 0) is 37.6 Å². The van der Waals surface area contributed by atoms with Crippen LogP contribution in [0.3, 0.4) is 0 Å². The van der Waals surface area contributed by atoms with Crippen LogP contribution >= 0.6 is 0 Å². The molecule has 20 heavy (non-hydrogen) atoms. The minimum atomic E-state index is -4.59. The minimum Gasteiger partial charge on any atom is -0.404 e. The van der Waals surface area contributed by atoms with E-state index in [0.29, 0.717) is 6.42 Å². The van der Waals surface area contributed by atoms with Crippen LogP contribution in [-0.2, 0) is 10.0 Å². The van der Waals surface area contributed by atoms with Crippen LogP contribution < -0.4 is 5.73 Å². The predicted octanol–water partition coefficient (Wildman–Crippen LogP) is 2.15. The summed E-state index contributed by atoms with van der Waals surface area (Å²) in [6, 6.07) is -1.20. The Hall–Kier alpha value is -1.02. The van der Waals surface area contributed by atoms with Crippen LogP contribution in [0.25, 0.3) is 0 Å². The monoisotopic (exact) mass is 312 g/mol. The van der Waals surface area contributed by atoms with Gasteiger partial charge in [-0.15, -0.1) is 0 Å². The number of rotatable bonds is 4. The SMILES string of the molecule is CCC(/C(=C\C(C)=C/N)C(F)(F)F)N1CCCS1(=O)=O. The average Bonchev–Trinajstić information content (AvgIpc) is 2.67. The standard InChI is InChI=1S/C12H19F3N2O2S/c1-3-11(17-5-4-6-20(17,18)19)10(12(13,14)15)7-9(2)8-16/h7-8,11H,3-6,16H2,1-2H3/b9-8-,10-7+. The molecule has 1 aliphatic rings. The number of alkyl halides is 3. The summed E-state index contributed by atoms with van der Waals surface area (Å²) in [5.41, 5.74) is 4.58. The van der Waals surface area contributed by atoms with Crippen molar-refractivity contribution < 1.29 is 21.6 Å². The molecule has 4 nitrogen and oxygen atoms in total. The third-order valence-electron chi connectivity index (χ3n) is 3.20. The first kappa shape index (κ1) is 17.0. The van der Waals surface area contributed by atoms with Crippen molar-refractivity contribution in [1.29, 1.82) is 0 Å². The van der Waals surface area contributed by atoms with Gasteiger partial charge in [-0.1, -0.05) is 6.92 Å². The minimum absolute atomic E-state index is 0.0580. The first-order valence-corrected chi connectivity index (χ1v) is 7.91. The fourth-order valence-corrected chi connectivity index (χ4v) is 4.03. The zero-order chi connectivity index (χ0) is 15.6. The maximum absolute atomic E-state index is 13.2. The molecule has 0 radical (unpaired) electrons. The molecule has 116 valence electrons. The van der Waals surface area contributed by atoms with Crippen LogP contribution in [0.15, 0.2) is 23.4 Å². The highest BCUT2D eigenvalue weighted by Gasteiger charge is 2.44. The van der Waals surface area contributed by atoms with Crippen molar-refractivity contribution in [3.63, 3.8) is 0 Å². The number of hydrogen-bond donors (Lipinski definition) is 1. The third kappa shape index (κ3) is 3.76. The van der Waals surface area contributed by atoms with Crippen molar-refractivity contribution in [2.24, 2.45) is 5.73 Å². The second kappa shape index (κ2) is 6.17. The molecular formula is C12H19F3N2O2S. The molecule has 1 aliphatic heterocycles. The fourth-order valence-electron chi connectivity index (χ4n) is 2.25. The molecule has 1 saturated heterocycles. The molecule has 1 atom stereocenters. The predicted molar refractivity (Wildman–Crippen MR) is 71.3 cm³/mol. The Balaban J connectivity index is 3.27. The number of nitrogens with two attached hydrogens (primary N) is 1. The van der Waals surface area contributed by atoms with Gasteiger partial charge < -0.3 is 5.73 Å². The van der Waals surface area contributed by atoms with Crippen LogP contribution in [0.1, 0.15) is 26.7 Å². The van der Waals surface area contributed by atoms with E-state index < -0.39 is 27.8 Å². The van der Waals surface area contributed by atoms with E-state index in [1.54, 1.807) is 6.92 Å². The third-order valence-corrected chi connectivity index (χ3v) is 5.16. The molecular weight excluding hydrogens is 293 g/mol. The highest BCUT2D eigenvalue weighted by molar-refractivity contribution is 7.89. The summed E-state index contributed by atoms with van der Waals surface area (Å²) in [6.45, 7) is 3.11. The van der Waals surface area contributed by atoms with Crippen molar-refractivity contribution in [2.45, 2.75) is 38.9 Å². The van der Waals surface area contributed by atoms with Gasteiger partial charge in [-0.25, -0.2) is 8.42 Å². The molecule has 0 aromatic carbocycles. The Morgan fingerprint density at radius 3 is 2.40 bits per heavy atom. The van der Waals surface area contributed by atoms with E-state index in [4.69, 9.17) is 5.73 Å². The molecule has 0 aromatic rings. The molecule has 8 heteroatoms. The number of nitrogens with zero attached hydrogens (tertiary/aromatic N) is 1. The van der Waals surface area contributed by atoms with Gasteiger partial charge >= 0.3 is 6.18 Å². The molecule has 1 unspecified atom stereocenters. The molecule has 2 N–H and O–H groups in total. The largest absolute Gasteiger partial charge is 0.414 e. The van der Waals surface area contributed by atoms with Crippen LogP contribution in [0, 0.1) is 0 Å². The zero-order valence-corrected chi connectivity index (χ0v) is 12.3. The van der Waals surface area contributed by atoms with E-state index in [1.807, 2.05) is 0 Å². The highest BCUT2D eigenvalue weighted by atomic mass is 32.2. The van der Waals surface area contributed by atoms with Gasteiger partial charge in [-0.3, -0.25) is 0 Å². The number of hydrogen-bond acceptors (Lipinski definition) is 3. The molecule has 0 bridgehead atoms. The summed E-state index contributed by atoms with van der Waals surface area (Å²) < 4.78 is 64.2. The number of halogens is 3. The molecule has 0 aromatic heterocycles. The molecule has 0 amide bonds. The molecule has 1 heterocycles. The molecule has 1 rings (SSSR count). The summed E-state index contributed by atoms with van der Waals surface area (Å²) in [5.74, 6) is -0.0969. The topological polar surface area (TPSA) is 63.4 Å². The lowest BCUT2D eigenvalue weighted by Gasteiger charge is -2.29. The maximum Gasteiger partial charge on any atom is 0.414 e. The van der Waals surface area contributed by atoms with E-state index in [9.17, 15) is 21.6 Å². The van der Waals surface area contributed by atoms with Crippen LogP contribution in [0.2, 0.25) is 0 Å². The fraction of sp³-hybridized carbons (Fsp3) is 0.667. The average molecular weight is 312 g/mol. The summed E-state index contributed by atoms with van der Waals surface area (Å²) in [7, 11) is -3.60. The summed E-state index contributed by atoms with van der Waals surface area (Å²) in [5, 5.41) is 0. The lowest BCUT2D eigenvalue weighted by atomic mass is 10.0. The van der Waals surface area contributed by atoms with Crippen molar-refractivity contribution in [3.8, 4) is 0 Å². The van der Waals surface area contributed by atoms with Crippen molar-refractivity contribution in [3.05, 3.63) is 23.4 Å². The number of allylic oxidation sites excluding steroid dienone is 2. The second-order valence-corrected chi connectivity index (χ2v) is 6.75. The van der Waals surface area contributed by atoms with Gasteiger partial charge in [0.1, 0.15) is 0 Å². The van der Waals surface area contributed by atoms with Gasteiger partial charge in [0.25, 0.3) is 0 Å². The van der Waals surface area contributed by atoms with E-state index in [-0.39, 0.29) is 24.3 Å². The smallest absolute Gasteiger partial charge is 0.404 e. The van der Waals surface area contributed by atoms with E-state index in [1.165, 1.54) is 6.92 Å². The molecule has 1 fully saturated rings. The first-order chi connectivity index (χ1) is 9.13. The van der Waals surface area contributed by atoms with Gasteiger partial charge in [0, 0.05) is 6.54 Å². The van der Waals surface area contributed by atoms with Crippen molar-refractivity contribution in [2.75, 3.05) is 12.3 Å². The van der Waals surface area contributed by atoms with Crippen LogP contribution in [0.5, 0.6) is 0 Å².